The number of ether oxygens (including phenoxy) is 1. The van der Waals surface area contributed by atoms with Gasteiger partial charge in [-0.05, 0) is 86.0 Å². The molecule has 3 aliphatic heterocycles. The molecule has 7 atom stereocenters. The number of Topliss-reactive ketones (excluding diaryl/α,β-unsaturated/α-hetero) is 1. The number of aromatic nitrogens is 3. The van der Waals surface area contributed by atoms with Crippen molar-refractivity contribution in [1.82, 2.24) is 15.0 Å². The Hall–Kier alpha value is -3.57. The van der Waals surface area contributed by atoms with E-state index < -0.39 is 12.2 Å². The van der Waals surface area contributed by atoms with E-state index in [0.29, 0.717) is 30.2 Å². The molecule has 0 radical (unpaired) electrons. The molecule has 0 amide bonds. The molecule has 2 saturated heterocycles. The molecule has 7 rings (SSSR count). The molecule has 0 spiro atoms. The molecule has 6 heterocycles. The summed E-state index contributed by atoms with van der Waals surface area (Å²) in [4.78, 5) is 49.4. The van der Waals surface area contributed by atoms with E-state index in [1.807, 2.05) is 19.1 Å². The minimum atomic E-state index is -0.610. The Morgan fingerprint density at radius 3 is 2.03 bits per heavy atom. The number of esters is 1. The monoisotopic (exact) mass is 896 g/mol. The first-order valence-electron chi connectivity index (χ1n) is 24.6. The van der Waals surface area contributed by atoms with E-state index in [9.17, 15) is 9.59 Å². The summed E-state index contributed by atoms with van der Waals surface area (Å²) >= 11 is 0. The maximum atomic E-state index is 14.6. The molecule has 3 aromatic heterocycles. The third-order valence-corrected chi connectivity index (χ3v) is 15.0. The standard InChI is InChI=1S/C55H76N4O5.Mg/c1-13-39-35(8)42-28-44-37(10)41(24-25-48(60)62-27-26-34(7)23-17-22-33(6)21-16-20-32(5)19-15-18-31(3)4)52(58-44)50-51(55-63-64(55)12)54(61)49-38(11)45(59-53(49)50)30-47-40(14-2)36(9)43(57-47)29-46(39)56-42;/h13,28-34,37,41,51,55H,1,14-27H2,2-12H3,(H-,58,59,61);/q-2;+2/p-1/b43-29-,44-28-,47-30-;/t32-,33-,34-,37+,41+,51-,55?;/m1./s1. The van der Waals surface area contributed by atoms with E-state index in [1.165, 1.54) is 51.4 Å². The second-order valence-corrected chi connectivity index (χ2v) is 20.3. The summed E-state index contributed by atoms with van der Waals surface area (Å²) in [5.41, 5.74) is 11.1. The van der Waals surface area contributed by atoms with E-state index in [1.54, 1.807) is 7.11 Å². The Morgan fingerprint density at radius 1 is 0.831 bits per heavy atom. The minimum Gasteiger partial charge on any atom is -0.664 e. The number of fused-ring (bicyclic) bond motifs is 7. The summed E-state index contributed by atoms with van der Waals surface area (Å²) in [5.74, 6) is 1.85. The predicted molar refractivity (Wildman–Crippen MR) is 264 cm³/mol. The largest absolute Gasteiger partial charge is 2.00 e. The molecule has 0 aromatic carbocycles. The van der Waals surface area contributed by atoms with Gasteiger partial charge in [-0.15, -0.1) is 33.5 Å². The van der Waals surface area contributed by atoms with Gasteiger partial charge >= 0.3 is 35.3 Å². The minimum absolute atomic E-state index is 0. The second kappa shape index (κ2) is 22.0. The fraction of sp³-hybridized carbons (Fsp3) is 0.600. The van der Waals surface area contributed by atoms with Crippen molar-refractivity contribution < 1.29 is 23.7 Å². The summed E-state index contributed by atoms with van der Waals surface area (Å²) < 4.78 is 8.54. The molecule has 0 saturated carbocycles. The van der Waals surface area contributed by atoms with Gasteiger partial charge in [0.25, 0.3) is 0 Å². The maximum absolute atomic E-state index is 14.6. The second-order valence-electron chi connectivity index (χ2n) is 20.3. The van der Waals surface area contributed by atoms with Gasteiger partial charge in [-0.1, -0.05) is 165 Å². The summed E-state index contributed by atoms with van der Waals surface area (Å²) in [6.07, 6.45) is 21.7. The average molecular weight is 897 g/mol. The number of nitrogens with zero attached hydrogens (tertiary/aromatic N) is 4. The summed E-state index contributed by atoms with van der Waals surface area (Å²) in [6.45, 7) is 26.8. The number of rotatable bonds is 21. The van der Waals surface area contributed by atoms with Crippen LogP contribution in [0.4, 0.5) is 0 Å². The van der Waals surface area contributed by atoms with Gasteiger partial charge in [0.1, 0.15) is 0 Å². The molecule has 3 aromatic rings. The van der Waals surface area contributed by atoms with Crippen LogP contribution in [-0.2, 0) is 25.4 Å². The number of carbonyl (C=O) groups excluding carboxylic acids is 2. The number of allylic oxidation sites excluding steroid dienone is 2. The van der Waals surface area contributed by atoms with Crippen molar-refractivity contribution in [3.8, 4) is 0 Å². The average Bonchev–Trinajstić information content (AvgIpc) is 3.46. The molecule has 9 nitrogen and oxygen atoms in total. The van der Waals surface area contributed by atoms with Crippen molar-refractivity contribution >= 4 is 64.7 Å². The van der Waals surface area contributed by atoms with E-state index >= 15 is 0 Å². The van der Waals surface area contributed by atoms with Crippen molar-refractivity contribution in [3.05, 3.63) is 90.1 Å². The van der Waals surface area contributed by atoms with Gasteiger partial charge < -0.3 is 25.0 Å². The smallest absolute Gasteiger partial charge is 0.664 e. The van der Waals surface area contributed by atoms with Gasteiger partial charge in [-0.3, -0.25) is 9.59 Å². The van der Waals surface area contributed by atoms with Crippen LogP contribution in [0.25, 0.3) is 35.2 Å². The first-order chi connectivity index (χ1) is 30.6. The van der Waals surface area contributed by atoms with E-state index in [-0.39, 0.29) is 53.1 Å². The van der Waals surface area contributed by atoms with Gasteiger partial charge in [0, 0.05) is 12.0 Å². The summed E-state index contributed by atoms with van der Waals surface area (Å²) in [6, 6.07) is 0. The van der Waals surface area contributed by atoms with Gasteiger partial charge in [-0.2, -0.15) is 11.4 Å². The van der Waals surface area contributed by atoms with Crippen molar-refractivity contribution in [2.24, 2.45) is 41.4 Å². The molecule has 348 valence electrons. The molecule has 0 N–H and O–H groups in total. The quantitative estimate of drug-likeness (QED) is 0.0344. The van der Waals surface area contributed by atoms with Gasteiger partial charge in [-0.25, -0.2) is 4.52 Å². The summed E-state index contributed by atoms with van der Waals surface area (Å²) in [5, 5.41) is 7.10. The van der Waals surface area contributed by atoms with Crippen molar-refractivity contribution in [3.63, 3.8) is 0 Å². The maximum Gasteiger partial charge on any atom is 2.00 e. The predicted octanol–water partition coefficient (Wildman–Crippen LogP) is 10.7. The first-order valence-corrected chi connectivity index (χ1v) is 24.6. The molecule has 2 fully saturated rings. The normalized spacial score (nSPS) is 24.3. The Bertz CT molecular complexity index is 2390. The fourth-order valence-electron chi connectivity index (χ4n) is 10.6. The van der Waals surface area contributed by atoms with E-state index in [4.69, 9.17) is 29.9 Å². The molecule has 1 unspecified atom stereocenters. The third-order valence-electron chi connectivity index (χ3n) is 15.0. The molecule has 1 aliphatic carbocycles. The number of hydrogen-bond acceptors (Lipinski definition) is 4. The Labute approximate surface area is 405 Å². The molecule has 4 aliphatic rings. The van der Waals surface area contributed by atoms with Crippen LogP contribution in [0.15, 0.2) is 18.0 Å². The van der Waals surface area contributed by atoms with Gasteiger partial charge in [0.05, 0.1) is 6.61 Å². The summed E-state index contributed by atoms with van der Waals surface area (Å²) in [7, 11) is 1.78. The first kappa shape index (κ1) is 50.8. The Balaban J connectivity index is 0.00000700. The van der Waals surface area contributed by atoms with Gasteiger partial charge in [0.15, 0.2) is 18.8 Å². The molecular weight excluding hydrogens is 821 g/mol. The molecule has 65 heavy (non-hydrogen) atoms. The number of carbonyl (C=O) groups is 2. The van der Waals surface area contributed by atoms with Crippen LogP contribution in [0.3, 0.4) is 0 Å². The van der Waals surface area contributed by atoms with Crippen LogP contribution in [0.2, 0.25) is 0 Å². The Kier molecular flexibility index (Phi) is 17.2. The third kappa shape index (κ3) is 11.2. The molecular formula is C55H75MgN4O5-. The van der Waals surface area contributed by atoms with Crippen LogP contribution in [-0.4, -0.2) is 54.8 Å². The van der Waals surface area contributed by atoms with Crippen molar-refractivity contribution in [1.29, 1.82) is 0 Å². The van der Waals surface area contributed by atoms with E-state index in [2.05, 4.69) is 85.6 Å². The zero-order valence-corrected chi connectivity index (χ0v) is 43.0. The zero-order chi connectivity index (χ0) is 46.0. The topological polar surface area (TPSA) is 115 Å². The zero-order valence-electron chi connectivity index (χ0n) is 41.6. The van der Waals surface area contributed by atoms with E-state index in [0.717, 1.165) is 110 Å². The van der Waals surface area contributed by atoms with Crippen LogP contribution in [0.1, 0.15) is 186 Å². The van der Waals surface area contributed by atoms with Crippen molar-refractivity contribution in [2.75, 3.05) is 13.7 Å². The van der Waals surface area contributed by atoms with Crippen LogP contribution < -0.4 is 25.7 Å². The number of hydrogen-bond donors (Lipinski definition) is 0. The van der Waals surface area contributed by atoms with Crippen LogP contribution in [0, 0.1) is 62.2 Å². The fourth-order valence-corrected chi connectivity index (χ4v) is 10.6. The van der Waals surface area contributed by atoms with Crippen LogP contribution in [0.5, 0.6) is 0 Å². The molecule has 8 bridgehead atoms. The number of ketones is 1. The SMILES string of the molecule is C=Cc1c2[n-]c(c1C)/C=C1\[N-]/C(=C3\c4[n-]c(c(C)c4C(=O)[C@@H]3C3O[O+]3C)/C=c3\[n-]/c(c(C)c3CC)=C\2)[C@@H](CCC(=O)OCC[C@H](C)CCC[C@H](C)CCC[C@H](C)CCCC(C)C)[C@@H]1C.[Mg+2]. The Morgan fingerprint density at radius 2 is 1.43 bits per heavy atom. The molecule has 10 heteroatoms. The van der Waals surface area contributed by atoms with Crippen molar-refractivity contribution in [2.45, 2.75) is 159 Å². The van der Waals surface area contributed by atoms with Gasteiger partial charge in [0.2, 0.25) is 0 Å². The van der Waals surface area contributed by atoms with Crippen LogP contribution >= 0.6 is 0 Å².